The molecule has 0 aliphatic carbocycles. The molecule has 1 aromatic heterocycles. The van der Waals surface area contributed by atoms with Crippen LogP contribution in [0, 0.1) is 0 Å². The number of hydrogen-bond acceptors (Lipinski definition) is 3. The van der Waals surface area contributed by atoms with E-state index in [2.05, 4.69) is 42.2 Å². The molecule has 0 bridgehead atoms. The van der Waals surface area contributed by atoms with Crippen LogP contribution in [-0.2, 0) is 6.42 Å². The molecule has 0 spiro atoms. The number of nitrogens with zero attached hydrogens (tertiary/aromatic N) is 3. The van der Waals surface area contributed by atoms with E-state index in [1.165, 1.54) is 0 Å². The monoisotopic (exact) mass is 345 g/mol. The molecule has 1 aromatic carbocycles. The third-order valence-corrected chi connectivity index (χ3v) is 3.23. The molecule has 0 aliphatic rings. The van der Waals surface area contributed by atoms with Gasteiger partial charge in [0.2, 0.25) is 0 Å². The Balaban J connectivity index is 2.38. The first-order chi connectivity index (χ1) is 7.70. The van der Waals surface area contributed by atoms with Crippen molar-refractivity contribution in [1.29, 1.82) is 0 Å². The zero-order valence-electron chi connectivity index (χ0n) is 8.27. The number of hydrogen-bond donors (Lipinski definition) is 1. The Bertz CT molecular complexity index is 499. The van der Waals surface area contributed by atoms with Gasteiger partial charge in [-0.25, -0.2) is 4.68 Å². The lowest BCUT2D eigenvalue weighted by molar-refractivity contribution is 0.298. The summed E-state index contributed by atoms with van der Waals surface area (Å²) >= 11 is 6.87. The Kier molecular flexibility index (Phi) is 3.73. The maximum atomic E-state index is 8.80. The maximum Gasteiger partial charge on any atom is 0.0854 e. The number of aliphatic hydroxyl groups excluding tert-OH is 1. The normalized spacial score (nSPS) is 10.7. The molecule has 0 saturated carbocycles. The highest BCUT2D eigenvalue weighted by molar-refractivity contribution is 9.11. The van der Waals surface area contributed by atoms with Gasteiger partial charge < -0.3 is 5.11 Å². The molecule has 1 heterocycles. The molecule has 2 rings (SSSR count). The minimum Gasteiger partial charge on any atom is -0.396 e. The number of halogens is 2. The van der Waals surface area contributed by atoms with Crippen LogP contribution in [0.2, 0.25) is 0 Å². The Labute approximate surface area is 110 Å². The van der Waals surface area contributed by atoms with Gasteiger partial charge in [-0.2, -0.15) is 0 Å². The number of aromatic nitrogens is 3. The van der Waals surface area contributed by atoms with E-state index in [0.717, 1.165) is 20.3 Å². The summed E-state index contributed by atoms with van der Waals surface area (Å²) in [7, 11) is 0. The fraction of sp³-hybridized carbons (Fsp3) is 0.200. The van der Waals surface area contributed by atoms with E-state index >= 15 is 0 Å². The van der Waals surface area contributed by atoms with Gasteiger partial charge in [-0.15, -0.1) is 5.10 Å². The Morgan fingerprint density at radius 2 is 2.12 bits per heavy atom. The van der Waals surface area contributed by atoms with E-state index < -0.39 is 0 Å². The van der Waals surface area contributed by atoms with Crippen molar-refractivity contribution in [2.75, 3.05) is 6.61 Å². The van der Waals surface area contributed by atoms with Crippen LogP contribution in [0.25, 0.3) is 5.69 Å². The molecule has 0 saturated heterocycles. The third-order valence-electron chi connectivity index (χ3n) is 2.06. The number of benzene rings is 1. The molecule has 84 valence electrons. The second-order valence-electron chi connectivity index (χ2n) is 3.22. The van der Waals surface area contributed by atoms with Crippen LogP contribution >= 0.6 is 31.9 Å². The van der Waals surface area contributed by atoms with Crippen LogP contribution in [0.1, 0.15) is 5.69 Å². The standard InChI is InChI=1S/C10H9Br2N3O/c11-7-1-2-9(12)10(5-7)15-6-8(3-4-16)13-14-15/h1-2,5-6,16H,3-4H2. The van der Waals surface area contributed by atoms with Crippen molar-refractivity contribution in [2.45, 2.75) is 6.42 Å². The van der Waals surface area contributed by atoms with Gasteiger partial charge in [-0.05, 0) is 34.1 Å². The Morgan fingerprint density at radius 3 is 2.88 bits per heavy atom. The topological polar surface area (TPSA) is 50.9 Å². The molecule has 6 heteroatoms. The fourth-order valence-corrected chi connectivity index (χ4v) is 2.08. The minimum atomic E-state index is 0.0817. The van der Waals surface area contributed by atoms with Crippen molar-refractivity contribution in [3.8, 4) is 5.69 Å². The quantitative estimate of drug-likeness (QED) is 0.927. The van der Waals surface area contributed by atoms with Crippen molar-refractivity contribution in [1.82, 2.24) is 15.0 Å². The highest BCUT2D eigenvalue weighted by Gasteiger charge is 2.06. The highest BCUT2D eigenvalue weighted by atomic mass is 79.9. The third kappa shape index (κ3) is 2.50. The van der Waals surface area contributed by atoms with E-state index in [1.807, 2.05) is 24.4 Å². The first-order valence-corrected chi connectivity index (χ1v) is 6.27. The van der Waals surface area contributed by atoms with E-state index in [9.17, 15) is 0 Å². The summed E-state index contributed by atoms with van der Waals surface area (Å²) < 4.78 is 3.60. The van der Waals surface area contributed by atoms with E-state index in [-0.39, 0.29) is 6.61 Å². The van der Waals surface area contributed by atoms with Crippen LogP contribution in [0.15, 0.2) is 33.3 Å². The largest absolute Gasteiger partial charge is 0.396 e. The van der Waals surface area contributed by atoms with Crippen molar-refractivity contribution >= 4 is 31.9 Å². The molecular formula is C10H9Br2N3O. The summed E-state index contributed by atoms with van der Waals surface area (Å²) in [5.74, 6) is 0. The maximum absolute atomic E-state index is 8.80. The van der Waals surface area contributed by atoms with Crippen molar-refractivity contribution in [3.63, 3.8) is 0 Å². The van der Waals surface area contributed by atoms with Gasteiger partial charge in [0, 0.05) is 22.0 Å². The van der Waals surface area contributed by atoms with Crippen molar-refractivity contribution in [3.05, 3.63) is 39.0 Å². The van der Waals surface area contributed by atoms with Crippen LogP contribution in [0.4, 0.5) is 0 Å². The lowest BCUT2D eigenvalue weighted by Gasteiger charge is -2.03. The van der Waals surface area contributed by atoms with Gasteiger partial charge in [0.1, 0.15) is 0 Å². The molecular weight excluding hydrogens is 338 g/mol. The molecule has 16 heavy (non-hydrogen) atoms. The lowest BCUT2D eigenvalue weighted by atomic mass is 10.3. The van der Waals surface area contributed by atoms with Gasteiger partial charge in [0.25, 0.3) is 0 Å². The first kappa shape index (κ1) is 11.8. The minimum absolute atomic E-state index is 0.0817. The van der Waals surface area contributed by atoms with Gasteiger partial charge >= 0.3 is 0 Å². The van der Waals surface area contributed by atoms with Crippen molar-refractivity contribution < 1.29 is 5.11 Å². The summed E-state index contributed by atoms with van der Waals surface area (Å²) in [6, 6.07) is 5.83. The SMILES string of the molecule is OCCc1cn(-c2cc(Br)ccc2Br)nn1. The fourth-order valence-electron chi connectivity index (χ4n) is 1.31. The zero-order chi connectivity index (χ0) is 11.5. The highest BCUT2D eigenvalue weighted by Crippen LogP contribution is 2.24. The van der Waals surface area contributed by atoms with Gasteiger partial charge in [0.05, 0.1) is 17.6 Å². The average molecular weight is 347 g/mol. The zero-order valence-corrected chi connectivity index (χ0v) is 11.4. The predicted octanol–water partition coefficient (Wildman–Crippen LogP) is 2.33. The summed E-state index contributed by atoms with van der Waals surface area (Å²) in [6.45, 7) is 0.0817. The second-order valence-corrected chi connectivity index (χ2v) is 4.99. The number of aliphatic hydroxyl groups is 1. The lowest BCUT2D eigenvalue weighted by Crippen LogP contribution is -1.96. The predicted molar refractivity (Wildman–Crippen MR) is 67.5 cm³/mol. The van der Waals surface area contributed by atoms with E-state index in [0.29, 0.717) is 6.42 Å². The van der Waals surface area contributed by atoms with Gasteiger partial charge in [-0.1, -0.05) is 21.1 Å². The summed E-state index contributed by atoms with van der Waals surface area (Å²) in [5.41, 5.74) is 1.68. The van der Waals surface area contributed by atoms with Gasteiger partial charge in [0.15, 0.2) is 0 Å². The molecule has 0 amide bonds. The molecule has 0 fully saturated rings. The van der Waals surface area contributed by atoms with Crippen LogP contribution < -0.4 is 0 Å². The second kappa shape index (κ2) is 5.07. The Hall–Kier alpha value is -0.720. The van der Waals surface area contributed by atoms with Crippen LogP contribution in [0.3, 0.4) is 0 Å². The smallest absolute Gasteiger partial charge is 0.0854 e. The van der Waals surface area contributed by atoms with Crippen LogP contribution in [0.5, 0.6) is 0 Å². The molecule has 0 aliphatic heterocycles. The van der Waals surface area contributed by atoms with Crippen molar-refractivity contribution in [2.24, 2.45) is 0 Å². The summed E-state index contributed by atoms with van der Waals surface area (Å²) in [6.07, 6.45) is 2.33. The van der Waals surface area contributed by atoms with E-state index in [4.69, 9.17) is 5.11 Å². The molecule has 0 atom stereocenters. The molecule has 0 radical (unpaired) electrons. The summed E-state index contributed by atoms with van der Waals surface area (Å²) in [4.78, 5) is 0. The average Bonchev–Trinajstić information content (AvgIpc) is 2.71. The summed E-state index contributed by atoms with van der Waals surface area (Å²) in [5, 5.41) is 16.8. The molecule has 1 N–H and O–H groups in total. The molecule has 4 nitrogen and oxygen atoms in total. The van der Waals surface area contributed by atoms with Gasteiger partial charge in [-0.3, -0.25) is 0 Å². The van der Waals surface area contributed by atoms with Crippen LogP contribution in [-0.4, -0.2) is 26.7 Å². The Morgan fingerprint density at radius 1 is 1.31 bits per heavy atom. The number of rotatable bonds is 3. The molecule has 2 aromatic rings. The molecule has 0 unspecified atom stereocenters. The first-order valence-electron chi connectivity index (χ1n) is 4.68. The van der Waals surface area contributed by atoms with E-state index in [1.54, 1.807) is 4.68 Å².